The first-order chi connectivity index (χ1) is 10.7. The summed E-state index contributed by atoms with van der Waals surface area (Å²) >= 11 is 0. The Balaban J connectivity index is 1.88. The number of rotatable bonds is 5. The van der Waals surface area contributed by atoms with Crippen LogP contribution in [0.1, 0.15) is 34.1 Å². The smallest absolute Gasteiger partial charge is 0.269 e. The van der Waals surface area contributed by atoms with Crippen LogP contribution in [0, 0.1) is 0 Å². The number of ether oxygens (including phenoxy) is 1. The second-order valence-electron chi connectivity index (χ2n) is 4.65. The van der Waals surface area contributed by atoms with E-state index in [4.69, 9.17) is 4.74 Å². The minimum Gasteiger partial charge on any atom is -0.494 e. The van der Waals surface area contributed by atoms with Crippen molar-refractivity contribution in [1.29, 1.82) is 0 Å². The molecule has 0 atom stereocenters. The molecule has 5 nitrogen and oxygen atoms in total. The second kappa shape index (κ2) is 7.83. The van der Waals surface area contributed by atoms with Crippen molar-refractivity contribution in [3.63, 3.8) is 0 Å². The minimum absolute atomic E-state index is 0.364. The van der Waals surface area contributed by atoms with Gasteiger partial charge in [-0.1, -0.05) is 25.1 Å². The number of hydrazine groups is 1. The number of amides is 2. The number of hydrogen-bond acceptors (Lipinski definition) is 3. The minimum atomic E-state index is -0.383. The van der Waals surface area contributed by atoms with E-state index in [9.17, 15) is 9.59 Å². The molecule has 114 valence electrons. The molecule has 2 aromatic carbocycles. The van der Waals surface area contributed by atoms with Crippen molar-refractivity contribution in [2.45, 2.75) is 13.3 Å². The maximum atomic E-state index is 11.9. The molecule has 0 aliphatic rings. The molecule has 0 aliphatic heterocycles. The Kier molecular flexibility index (Phi) is 5.54. The van der Waals surface area contributed by atoms with Crippen LogP contribution >= 0.6 is 0 Å². The van der Waals surface area contributed by atoms with Crippen molar-refractivity contribution < 1.29 is 14.3 Å². The molecule has 0 heterocycles. The standard InChI is InChI=1S/C17H18N2O3/c1-2-12-22-15-10-8-14(9-11-15)17(21)19-18-16(20)13-6-4-3-5-7-13/h3-11H,2,12H2,1H3,(H,18,20)(H,19,21). The van der Waals surface area contributed by atoms with E-state index in [2.05, 4.69) is 10.9 Å². The Morgan fingerprint density at radius 2 is 1.41 bits per heavy atom. The molecule has 0 fully saturated rings. The average Bonchev–Trinajstić information content (AvgIpc) is 2.58. The van der Waals surface area contributed by atoms with Crippen LogP contribution in [0.3, 0.4) is 0 Å². The number of carbonyl (C=O) groups is 2. The summed E-state index contributed by atoms with van der Waals surface area (Å²) in [6, 6.07) is 15.4. The largest absolute Gasteiger partial charge is 0.494 e. The first kappa shape index (κ1) is 15.6. The van der Waals surface area contributed by atoms with E-state index in [0.29, 0.717) is 23.5 Å². The Labute approximate surface area is 129 Å². The average molecular weight is 298 g/mol. The zero-order valence-corrected chi connectivity index (χ0v) is 12.3. The quantitative estimate of drug-likeness (QED) is 0.834. The maximum absolute atomic E-state index is 11.9. The van der Waals surface area contributed by atoms with Crippen LogP contribution in [-0.2, 0) is 0 Å². The summed E-state index contributed by atoms with van der Waals surface area (Å²) < 4.78 is 5.44. The highest BCUT2D eigenvalue weighted by molar-refractivity contribution is 5.99. The van der Waals surface area contributed by atoms with Gasteiger partial charge in [0.05, 0.1) is 6.61 Å². The van der Waals surface area contributed by atoms with Gasteiger partial charge in [0, 0.05) is 11.1 Å². The Morgan fingerprint density at radius 1 is 0.864 bits per heavy atom. The van der Waals surface area contributed by atoms with Crippen molar-refractivity contribution in [2.75, 3.05) is 6.61 Å². The number of carbonyl (C=O) groups excluding carboxylic acids is 2. The number of nitrogens with one attached hydrogen (secondary N) is 2. The molecular weight excluding hydrogens is 280 g/mol. The van der Waals surface area contributed by atoms with Crippen molar-refractivity contribution >= 4 is 11.8 Å². The summed E-state index contributed by atoms with van der Waals surface area (Å²) in [5.41, 5.74) is 5.68. The third-order valence-electron chi connectivity index (χ3n) is 2.91. The third-order valence-corrected chi connectivity index (χ3v) is 2.91. The lowest BCUT2D eigenvalue weighted by Gasteiger charge is -2.08. The van der Waals surface area contributed by atoms with Gasteiger partial charge in [-0.3, -0.25) is 20.4 Å². The van der Waals surface area contributed by atoms with Gasteiger partial charge in [0.2, 0.25) is 0 Å². The summed E-state index contributed by atoms with van der Waals surface area (Å²) in [5.74, 6) is -0.0325. The fourth-order valence-corrected chi connectivity index (χ4v) is 1.77. The second-order valence-corrected chi connectivity index (χ2v) is 4.65. The van der Waals surface area contributed by atoms with Gasteiger partial charge in [0.15, 0.2) is 0 Å². The normalized spacial score (nSPS) is 9.86. The van der Waals surface area contributed by atoms with E-state index in [1.54, 1.807) is 48.5 Å². The van der Waals surface area contributed by atoms with Crippen molar-refractivity contribution in [3.05, 3.63) is 65.7 Å². The lowest BCUT2D eigenvalue weighted by Crippen LogP contribution is -2.41. The fraction of sp³-hybridized carbons (Fsp3) is 0.176. The van der Waals surface area contributed by atoms with Crippen molar-refractivity contribution in [3.8, 4) is 5.75 Å². The molecule has 0 saturated carbocycles. The first-order valence-electron chi connectivity index (χ1n) is 7.09. The van der Waals surface area contributed by atoms with Gasteiger partial charge < -0.3 is 4.74 Å². The topological polar surface area (TPSA) is 67.4 Å². The molecule has 22 heavy (non-hydrogen) atoms. The molecule has 5 heteroatoms. The van der Waals surface area contributed by atoms with Crippen LogP contribution in [0.5, 0.6) is 5.75 Å². The van der Waals surface area contributed by atoms with Gasteiger partial charge in [-0.2, -0.15) is 0 Å². The van der Waals surface area contributed by atoms with Crippen LogP contribution < -0.4 is 15.6 Å². The number of hydrogen-bond donors (Lipinski definition) is 2. The molecule has 0 radical (unpaired) electrons. The first-order valence-corrected chi connectivity index (χ1v) is 7.09. The predicted molar refractivity (Wildman–Crippen MR) is 83.6 cm³/mol. The molecule has 2 rings (SSSR count). The van der Waals surface area contributed by atoms with Crippen molar-refractivity contribution in [2.24, 2.45) is 0 Å². The molecule has 0 aliphatic carbocycles. The zero-order chi connectivity index (χ0) is 15.8. The van der Waals surface area contributed by atoms with Gasteiger partial charge in [-0.25, -0.2) is 0 Å². The van der Waals surface area contributed by atoms with Crippen LogP contribution in [0.2, 0.25) is 0 Å². The highest BCUT2D eigenvalue weighted by Crippen LogP contribution is 2.12. The summed E-state index contributed by atoms with van der Waals surface area (Å²) in [6.07, 6.45) is 0.924. The van der Waals surface area contributed by atoms with Crippen molar-refractivity contribution in [1.82, 2.24) is 10.9 Å². The van der Waals surface area contributed by atoms with Gasteiger partial charge >= 0.3 is 0 Å². The Hall–Kier alpha value is -2.82. The zero-order valence-electron chi connectivity index (χ0n) is 12.3. The van der Waals surface area contributed by atoms with E-state index < -0.39 is 0 Å². The van der Waals surface area contributed by atoms with Gasteiger partial charge in [-0.05, 0) is 42.8 Å². The molecule has 0 aromatic heterocycles. The molecule has 0 spiro atoms. The Morgan fingerprint density at radius 3 is 1.95 bits per heavy atom. The van der Waals surface area contributed by atoms with Gasteiger partial charge in [-0.15, -0.1) is 0 Å². The van der Waals surface area contributed by atoms with E-state index in [-0.39, 0.29) is 11.8 Å². The van der Waals surface area contributed by atoms with Gasteiger partial charge in [0.1, 0.15) is 5.75 Å². The molecule has 0 unspecified atom stereocenters. The van der Waals surface area contributed by atoms with Crippen LogP contribution in [0.4, 0.5) is 0 Å². The highest BCUT2D eigenvalue weighted by Gasteiger charge is 2.08. The maximum Gasteiger partial charge on any atom is 0.269 e. The van der Waals surface area contributed by atoms with Gasteiger partial charge in [0.25, 0.3) is 11.8 Å². The number of benzene rings is 2. The molecule has 2 aromatic rings. The van der Waals surface area contributed by atoms with Crippen LogP contribution in [-0.4, -0.2) is 18.4 Å². The fourth-order valence-electron chi connectivity index (χ4n) is 1.77. The Bertz CT molecular complexity index is 624. The van der Waals surface area contributed by atoms with Crippen LogP contribution in [0.25, 0.3) is 0 Å². The van der Waals surface area contributed by atoms with Crippen LogP contribution in [0.15, 0.2) is 54.6 Å². The lowest BCUT2D eigenvalue weighted by atomic mass is 10.2. The molecule has 0 bridgehead atoms. The highest BCUT2D eigenvalue weighted by atomic mass is 16.5. The summed E-state index contributed by atoms with van der Waals surface area (Å²) in [6.45, 7) is 2.66. The molecule has 2 N–H and O–H groups in total. The SMILES string of the molecule is CCCOc1ccc(C(=O)NNC(=O)c2ccccc2)cc1. The van der Waals surface area contributed by atoms with E-state index in [1.165, 1.54) is 0 Å². The predicted octanol–water partition coefficient (Wildman–Crippen LogP) is 2.55. The summed E-state index contributed by atoms with van der Waals surface area (Å²) in [5, 5.41) is 0. The summed E-state index contributed by atoms with van der Waals surface area (Å²) in [7, 11) is 0. The monoisotopic (exact) mass is 298 g/mol. The molecule has 2 amide bonds. The lowest BCUT2D eigenvalue weighted by molar-refractivity contribution is 0.0846. The summed E-state index contributed by atoms with van der Waals surface area (Å²) in [4.78, 5) is 23.7. The van der Waals surface area contributed by atoms with E-state index >= 15 is 0 Å². The van der Waals surface area contributed by atoms with E-state index in [0.717, 1.165) is 6.42 Å². The van der Waals surface area contributed by atoms with E-state index in [1.807, 2.05) is 13.0 Å². The molecule has 0 saturated heterocycles. The molecular formula is C17H18N2O3. The third kappa shape index (κ3) is 4.34.